The van der Waals surface area contributed by atoms with Gasteiger partial charge in [0.25, 0.3) is 11.6 Å². The smallest absolute Gasteiger partial charge is 0.270 e. The number of benzene rings is 1. The first-order valence-electron chi connectivity index (χ1n) is 8.12. The third-order valence-corrected chi connectivity index (χ3v) is 3.65. The first-order chi connectivity index (χ1) is 12.4. The van der Waals surface area contributed by atoms with E-state index in [1.54, 1.807) is 6.92 Å². The summed E-state index contributed by atoms with van der Waals surface area (Å²) in [5, 5.41) is 27.2. The van der Waals surface area contributed by atoms with E-state index in [1.165, 1.54) is 16.8 Å². The maximum Gasteiger partial charge on any atom is 0.270 e. The van der Waals surface area contributed by atoms with Gasteiger partial charge in [0.2, 0.25) is 0 Å². The standard InChI is InChI=1S/C17H19N5O4/c1-4-8-26-15-7-6-12(22(24)25)9-13(15)17(23)19-16-14(10-18)11(3)20-21(16)5-2/h6-7,9H,4-5,8H2,1-3H3,(H,19,23). The molecule has 1 aromatic heterocycles. The number of non-ortho nitro benzene ring substituents is 1. The molecular weight excluding hydrogens is 338 g/mol. The first-order valence-corrected chi connectivity index (χ1v) is 8.12. The van der Waals surface area contributed by atoms with Crippen molar-refractivity contribution in [3.63, 3.8) is 0 Å². The van der Waals surface area contributed by atoms with Gasteiger partial charge in [-0.2, -0.15) is 10.4 Å². The van der Waals surface area contributed by atoms with E-state index < -0.39 is 10.8 Å². The summed E-state index contributed by atoms with van der Waals surface area (Å²) in [4.78, 5) is 23.2. The number of nitrogens with one attached hydrogen (secondary N) is 1. The van der Waals surface area contributed by atoms with Crippen LogP contribution in [0.4, 0.5) is 11.5 Å². The van der Waals surface area contributed by atoms with Gasteiger partial charge in [-0.3, -0.25) is 14.9 Å². The molecule has 0 spiro atoms. The van der Waals surface area contributed by atoms with Gasteiger partial charge in [0.15, 0.2) is 0 Å². The number of anilines is 1. The normalized spacial score (nSPS) is 10.2. The second-order valence-corrected chi connectivity index (χ2v) is 5.48. The molecule has 0 radical (unpaired) electrons. The lowest BCUT2D eigenvalue weighted by Gasteiger charge is -2.12. The third-order valence-electron chi connectivity index (χ3n) is 3.65. The van der Waals surface area contributed by atoms with Crippen LogP contribution in [0, 0.1) is 28.4 Å². The Morgan fingerprint density at radius 1 is 1.46 bits per heavy atom. The molecule has 0 aliphatic heterocycles. The Morgan fingerprint density at radius 2 is 2.19 bits per heavy atom. The molecule has 0 fully saturated rings. The maximum absolute atomic E-state index is 12.8. The predicted octanol–water partition coefficient (Wildman–Crippen LogP) is 3.03. The number of carbonyl (C=O) groups is 1. The highest BCUT2D eigenvalue weighted by Crippen LogP contribution is 2.27. The molecule has 1 N–H and O–H groups in total. The molecule has 0 saturated carbocycles. The molecule has 0 saturated heterocycles. The summed E-state index contributed by atoms with van der Waals surface area (Å²) in [6.07, 6.45) is 0.721. The highest BCUT2D eigenvalue weighted by atomic mass is 16.6. The van der Waals surface area contributed by atoms with E-state index in [0.29, 0.717) is 18.8 Å². The molecule has 0 unspecified atom stereocenters. The topological polar surface area (TPSA) is 123 Å². The van der Waals surface area contributed by atoms with Crippen molar-refractivity contribution in [1.82, 2.24) is 9.78 Å². The molecule has 0 aliphatic rings. The predicted molar refractivity (Wildman–Crippen MR) is 94.2 cm³/mol. The van der Waals surface area contributed by atoms with Crippen LogP contribution >= 0.6 is 0 Å². The van der Waals surface area contributed by atoms with Crippen molar-refractivity contribution in [2.24, 2.45) is 0 Å². The van der Waals surface area contributed by atoms with Crippen LogP contribution in [0.25, 0.3) is 0 Å². The Labute approximate surface area is 150 Å². The van der Waals surface area contributed by atoms with E-state index >= 15 is 0 Å². The molecule has 26 heavy (non-hydrogen) atoms. The monoisotopic (exact) mass is 357 g/mol. The number of nitriles is 1. The largest absolute Gasteiger partial charge is 0.493 e. The number of hydrogen-bond donors (Lipinski definition) is 1. The van der Waals surface area contributed by atoms with Crippen molar-refractivity contribution in [3.8, 4) is 11.8 Å². The summed E-state index contributed by atoms with van der Waals surface area (Å²) in [5.74, 6) is -0.107. The fourth-order valence-corrected chi connectivity index (χ4v) is 2.39. The van der Waals surface area contributed by atoms with Gasteiger partial charge < -0.3 is 10.1 Å². The first kappa shape index (κ1) is 18.9. The van der Waals surface area contributed by atoms with E-state index in [9.17, 15) is 20.2 Å². The SMILES string of the molecule is CCCOc1ccc([N+](=O)[O-])cc1C(=O)Nc1c(C#N)c(C)nn1CC. The van der Waals surface area contributed by atoms with Crippen LogP contribution < -0.4 is 10.1 Å². The van der Waals surface area contributed by atoms with Gasteiger partial charge in [0.1, 0.15) is 23.2 Å². The molecule has 1 amide bonds. The summed E-state index contributed by atoms with van der Waals surface area (Å²) < 4.78 is 7.02. The van der Waals surface area contributed by atoms with Crippen LogP contribution in [0.2, 0.25) is 0 Å². The lowest BCUT2D eigenvalue weighted by molar-refractivity contribution is -0.384. The fraction of sp³-hybridized carbons (Fsp3) is 0.353. The molecular formula is C17H19N5O4. The average Bonchev–Trinajstić information content (AvgIpc) is 2.93. The number of carbonyl (C=O) groups excluding carboxylic acids is 1. The van der Waals surface area contributed by atoms with Crippen molar-refractivity contribution in [2.75, 3.05) is 11.9 Å². The molecule has 0 bridgehead atoms. The second-order valence-electron chi connectivity index (χ2n) is 5.48. The lowest BCUT2D eigenvalue weighted by Crippen LogP contribution is -2.18. The minimum atomic E-state index is -0.606. The Bertz CT molecular complexity index is 882. The van der Waals surface area contributed by atoms with Crippen molar-refractivity contribution in [2.45, 2.75) is 33.7 Å². The Kier molecular flexibility index (Phi) is 5.90. The van der Waals surface area contributed by atoms with Gasteiger partial charge in [-0.25, -0.2) is 4.68 Å². The molecule has 2 rings (SSSR count). The number of nitro benzene ring substituents is 1. The summed E-state index contributed by atoms with van der Waals surface area (Å²) in [6, 6.07) is 5.85. The average molecular weight is 357 g/mol. The number of amides is 1. The molecule has 0 atom stereocenters. The van der Waals surface area contributed by atoms with Gasteiger partial charge >= 0.3 is 0 Å². The fourth-order valence-electron chi connectivity index (χ4n) is 2.39. The van der Waals surface area contributed by atoms with Crippen molar-refractivity contribution in [3.05, 3.63) is 45.1 Å². The van der Waals surface area contributed by atoms with Crippen LogP contribution in [0.15, 0.2) is 18.2 Å². The van der Waals surface area contributed by atoms with Gasteiger partial charge in [0.05, 0.1) is 22.8 Å². The molecule has 9 nitrogen and oxygen atoms in total. The lowest BCUT2D eigenvalue weighted by atomic mass is 10.1. The van der Waals surface area contributed by atoms with Crippen LogP contribution in [0.1, 0.15) is 41.9 Å². The van der Waals surface area contributed by atoms with Crippen molar-refractivity contribution >= 4 is 17.4 Å². The number of aryl methyl sites for hydroxylation is 2. The summed E-state index contributed by atoms with van der Waals surface area (Å²) >= 11 is 0. The molecule has 1 aromatic carbocycles. The van der Waals surface area contributed by atoms with E-state index in [4.69, 9.17) is 4.74 Å². The summed E-state index contributed by atoms with van der Waals surface area (Å²) in [7, 11) is 0. The number of rotatable bonds is 7. The Balaban J connectivity index is 2.44. The summed E-state index contributed by atoms with van der Waals surface area (Å²) in [6.45, 7) is 6.22. The van der Waals surface area contributed by atoms with Crippen LogP contribution in [0.3, 0.4) is 0 Å². The van der Waals surface area contributed by atoms with Crippen LogP contribution in [0.5, 0.6) is 5.75 Å². The summed E-state index contributed by atoms with van der Waals surface area (Å²) in [5.41, 5.74) is 0.547. The number of nitrogens with zero attached hydrogens (tertiary/aromatic N) is 4. The molecule has 0 aliphatic carbocycles. The van der Waals surface area contributed by atoms with E-state index in [0.717, 1.165) is 12.5 Å². The number of ether oxygens (including phenoxy) is 1. The van der Waals surface area contributed by atoms with Gasteiger partial charge in [-0.1, -0.05) is 6.92 Å². The highest BCUT2D eigenvalue weighted by Gasteiger charge is 2.22. The second kappa shape index (κ2) is 8.11. The molecule has 2 aromatic rings. The zero-order valence-electron chi connectivity index (χ0n) is 14.8. The third kappa shape index (κ3) is 3.80. The van der Waals surface area contributed by atoms with E-state index in [1.807, 2.05) is 19.9 Å². The van der Waals surface area contributed by atoms with Gasteiger partial charge in [0, 0.05) is 18.7 Å². The van der Waals surface area contributed by atoms with Gasteiger partial charge in [-0.15, -0.1) is 0 Å². The maximum atomic E-state index is 12.8. The van der Waals surface area contributed by atoms with Crippen molar-refractivity contribution in [1.29, 1.82) is 5.26 Å². The number of hydrogen-bond acceptors (Lipinski definition) is 6. The molecule has 9 heteroatoms. The minimum Gasteiger partial charge on any atom is -0.493 e. The molecule has 1 heterocycles. The Hall–Kier alpha value is -3.41. The minimum absolute atomic E-state index is 0.0260. The van der Waals surface area contributed by atoms with Crippen molar-refractivity contribution < 1.29 is 14.5 Å². The van der Waals surface area contributed by atoms with Crippen LogP contribution in [-0.2, 0) is 6.54 Å². The number of nitro groups is 1. The van der Waals surface area contributed by atoms with E-state index in [-0.39, 0.29) is 28.4 Å². The Morgan fingerprint density at radius 3 is 2.77 bits per heavy atom. The van der Waals surface area contributed by atoms with Crippen LogP contribution in [-0.4, -0.2) is 27.2 Å². The highest BCUT2D eigenvalue weighted by molar-refractivity contribution is 6.06. The number of aromatic nitrogens is 2. The zero-order chi connectivity index (χ0) is 19.3. The quantitative estimate of drug-likeness (QED) is 0.600. The molecule has 136 valence electrons. The van der Waals surface area contributed by atoms with Gasteiger partial charge in [-0.05, 0) is 26.3 Å². The zero-order valence-corrected chi connectivity index (χ0v) is 14.8. The van der Waals surface area contributed by atoms with E-state index in [2.05, 4.69) is 10.4 Å².